The Hall–Kier alpha value is -0.640. The molecule has 0 amide bonds. The van der Waals surface area contributed by atoms with Gasteiger partial charge in [-0.3, -0.25) is 0 Å². The summed E-state index contributed by atoms with van der Waals surface area (Å²) in [5, 5.41) is 10.7. The second-order valence-electron chi connectivity index (χ2n) is 5.43. The van der Waals surface area contributed by atoms with Gasteiger partial charge >= 0.3 is 0 Å². The van der Waals surface area contributed by atoms with Gasteiger partial charge in [0.25, 0.3) is 0 Å². The summed E-state index contributed by atoms with van der Waals surface area (Å²) in [6.07, 6.45) is 4.82. The van der Waals surface area contributed by atoms with Gasteiger partial charge in [-0.25, -0.2) is 4.39 Å². The van der Waals surface area contributed by atoms with E-state index in [2.05, 4.69) is 0 Å². The van der Waals surface area contributed by atoms with E-state index in [0.717, 1.165) is 12.8 Å². The topological polar surface area (TPSA) is 46.2 Å². The zero-order chi connectivity index (χ0) is 13.8. The Kier molecular flexibility index (Phi) is 5.20. The van der Waals surface area contributed by atoms with Crippen molar-refractivity contribution in [1.29, 1.82) is 0 Å². The van der Waals surface area contributed by atoms with Crippen LogP contribution >= 0.6 is 11.6 Å². The van der Waals surface area contributed by atoms with Gasteiger partial charge in [-0.2, -0.15) is 0 Å². The van der Waals surface area contributed by atoms with Crippen molar-refractivity contribution in [2.75, 3.05) is 6.54 Å². The van der Waals surface area contributed by atoms with Gasteiger partial charge in [0.2, 0.25) is 0 Å². The van der Waals surface area contributed by atoms with E-state index in [9.17, 15) is 9.50 Å². The van der Waals surface area contributed by atoms with E-state index in [0.29, 0.717) is 22.9 Å². The Balaban J connectivity index is 2.14. The number of aliphatic hydroxyl groups is 1. The maximum Gasteiger partial charge on any atom is 0.128 e. The molecule has 4 heteroatoms. The van der Waals surface area contributed by atoms with Crippen LogP contribution in [0, 0.1) is 11.7 Å². The monoisotopic (exact) mass is 285 g/mol. The number of rotatable bonds is 5. The summed E-state index contributed by atoms with van der Waals surface area (Å²) >= 11 is 6.06. The third kappa shape index (κ3) is 3.47. The summed E-state index contributed by atoms with van der Waals surface area (Å²) < 4.78 is 13.9. The molecule has 1 saturated carbocycles. The molecule has 0 saturated heterocycles. The molecule has 2 atom stereocenters. The van der Waals surface area contributed by atoms with E-state index in [1.165, 1.54) is 18.9 Å². The lowest BCUT2D eigenvalue weighted by atomic mass is 9.87. The summed E-state index contributed by atoms with van der Waals surface area (Å²) in [7, 11) is 0. The minimum Gasteiger partial charge on any atom is -0.392 e. The highest BCUT2D eigenvalue weighted by atomic mass is 35.5. The molecular weight excluding hydrogens is 265 g/mol. The molecule has 0 aliphatic heterocycles. The van der Waals surface area contributed by atoms with Gasteiger partial charge in [-0.05, 0) is 24.5 Å². The minimum absolute atomic E-state index is 0.203. The molecule has 0 bridgehead atoms. The van der Waals surface area contributed by atoms with Crippen molar-refractivity contribution >= 4 is 11.6 Å². The fourth-order valence-electron chi connectivity index (χ4n) is 3.08. The number of halogens is 2. The van der Waals surface area contributed by atoms with Crippen LogP contribution in [0.3, 0.4) is 0 Å². The van der Waals surface area contributed by atoms with E-state index in [-0.39, 0.29) is 12.4 Å². The average molecular weight is 286 g/mol. The molecule has 2 rings (SSSR count). The summed E-state index contributed by atoms with van der Waals surface area (Å²) in [6, 6.07) is 4.58. The Morgan fingerprint density at radius 2 is 2.05 bits per heavy atom. The van der Waals surface area contributed by atoms with Gasteiger partial charge in [0, 0.05) is 23.0 Å². The highest BCUT2D eigenvalue weighted by Crippen LogP contribution is 2.35. The summed E-state index contributed by atoms with van der Waals surface area (Å²) in [5.74, 6) is -0.266. The molecule has 1 aliphatic rings. The standard InChI is InChI=1S/C15H21ClFNO/c16-12-6-3-7-13(17)15(12)11(9-18)14(19)8-10-4-1-2-5-10/h3,6-7,10-11,14,19H,1-2,4-5,8-9,18H2. The molecule has 2 nitrogen and oxygen atoms in total. The number of aliphatic hydroxyl groups excluding tert-OH is 1. The Morgan fingerprint density at radius 1 is 1.37 bits per heavy atom. The van der Waals surface area contributed by atoms with Crippen molar-refractivity contribution in [2.24, 2.45) is 11.7 Å². The van der Waals surface area contributed by atoms with E-state index in [1.54, 1.807) is 12.1 Å². The normalized spacial score (nSPS) is 19.6. The lowest BCUT2D eigenvalue weighted by Crippen LogP contribution is -2.28. The first-order valence-corrected chi connectivity index (χ1v) is 7.33. The summed E-state index contributed by atoms with van der Waals surface area (Å²) in [5.41, 5.74) is 6.09. The smallest absolute Gasteiger partial charge is 0.128 e. The largest absolute Gasteiger partial charge is 0.392 e. The molecule has 1 aromatic rings. The molecule has 1 fully saturated rings. The van der Waals surface area contributed by atoms with Crippen molar-refractivity contribution in [3.05, 3.63) is 34.6 Å². The zero-order valence-corrected chi connectivity index (χ0v) is 11.7. The quantitative estimate of drug-likeness (QED) is 0.870. The van der Waals surface area contributed by atoms with Crippen LogP contribution in [0.25, 0.3) is 0 Å². The molecule has 0 aromatic heterocycles. The Morgan fingerprint density at radius 3 is 2.63 bits per heavy atom. The number of hydrogen-bond donors (Lipinski definition) is 2. The van der Waals surface area contributed by atoms with Crippen LogP contribution in [-0.4, -0.2) is 17.8 Å². The first-order chi connectivity index (χ1) is 9.13. The molecule has 2 unspecified atom stereocenters. The molecule has 19 heavy (non-hydrogen) atoms. The fourth-order valence-corrected chi connectivity index (χ4v) is 3.39. The van der Waals surface area contributed by atoms with Crippen molar-refractivity contribution in [3.63, 3.8) is 0 Å². The first kappa shape index (κ1) is 14.8. The fraction of sp³-hybridized carbons (Fsp3) is 0.600. The third-order valence-corrected chi connectivity index (χ3v) is 4.47. The predicted octanol–water partition coefficient (Wildman–Crippen LogP) is 3.46. The molecule has 1 aliphatic carbocycles. The SMILES string of the molecule is NCC(c1c(F)cccc1Cl)C(O)CC1CCCC1. The molecule has 0 spiro atoms. The van der Waals surface area contributed by atoms with Crippen LogP contribution in [0.2, 0.25) is 5.02 Å². The maximum atomic E-state index is 13.9. The summed E-state index contributed by atoms with van der Waals surface area (Å²) in [6.45, 7) is 0.203. The second-order valence-corrected chi connectivity index (χ2v) is 5.84. The van der Waals surface area contributed by atoms with Crippen LogP contribution < -0.4 is 5.73 Å². The van der Waals surface area contributed by atoms with Crippen molar-refractivity contribution in [1.82, 2.24) is 0 Å². The molecule has 1 aromatic carbocycles. The van der Waals surface area contributed by atoms with E-state index in [4.69, 9.17) is 17.3 Å². The lowest BCUT2D eigenvalue weighted by molar-refractivity contribution is 0.115. The first-order valence-electron chi connectivity index (χ1n) is 6.95. The average Bonchev–Trinajstić information content (AvgIpc) is 2.86. The molecule has 0 heterocycles. The third-order valence-electron chi connectivity index (χ3n) is 4.14. The van der Waals surface area contributed by atoms with Gasteiger partial charge in [-0.15, -0.1) is 0 Å². The highest BCUT2D eigenvalue weighted by molar-refractivity contribution is 6.31. The number of benzene rings is 1. The maximum absolute atomic E-state index is 13.9. The lowest BCUT2D eigenvalue weighted by Gasteiger charge is -2.25. The van der Waals surface area contributed by atoms with Crippen LogP contribution in [0.15, 0.2) is 18.2 Å². The van der Waals surface area contributed by atoms with E-state index < -0.39 is 12.0 Å². The van der Waals surface area contributed by atoms with Crippen molar-refractivity contribution < 1.29 is 9.50 Å². The number of nitrogens with two attached hydrogens (primary N) is 1. The van der Waals surface area contributed by atoms with Crippen molar-refractivity contribution in [2.45, 2.75) is 44.1 Å². The van der Waals surface area contributed by atoms with Gasteiger partial charge in [0.15, 0.2) is 0 Å². The van der Waals surface area contributed by atoms with E-state index in [1.807, 2.05) is 0 Å². The van der Waals surface area contributed by atoms with Crippen LogP contribution in [-0.2, 0) is 0 Å². The van der Waals surface area contributed by atoms with Crippen molar-refractivity contribution in [3.8, 4) is 0 Å². The highest BCUT2D eigenvalue weighted by Gasteiger charge is 2.28. The van der Waals surface area contributed by atoms with Gasteiger partial charge < -0.3 is 10.8 Å². The minimum atomic E-state index is -0.623. The second kappa shape index (κ2) is 6.69. The molecular formula is C15H21ClFNO. The number of hydrogen-bond acceptors (Lipinski definition) is 2. The van der Waals surface area contributed by atoms with Crippen LogP contribution in [0.4, 0.5) is 4.39 Å². The predicted molar refractivity (Wildman–Crippen MR) is 75.8 cm³/mol. The van der Waals surface area contributed by atoms with Gasteiger partial charge in [0.05, 0.1) is 6.10 Å². The summed E-state index contributed by atoms with van der Waals surface area (Å²) in [4.78, 5) is 0. The van der Waals surface area contributed by atoms with Gasteiger partial charge in [-0.1, -0.05) is 43.4 Å². The Labute approximate surface area is 118 Å². The molecule has 3 N–H and O–H groups in total. The zero-order valence-electron chi connectivity index (χ0n) is 11.0. The molecule has 0 radical (unpaired) electrons. The Bertz CT molecular complexity index is 400. The van der Waals surface area contributed by atoms with E-state index >= 15 is 0 Å². The van der Waals surface area contributed by atoms with Crippen LogP contribution in [0.5, 0.6) is 0 Å². The molecule has 106 valence electrons. The van der Waals surface area contributed by atoms with Gasteiger partial charge in [0.1, 0.15) is 5.82 Å². The van der Waals surface area contributed by atoms with Crippen LogP contribution in [0.1, 0.15) is 43.6 Å².